The van der Waals surface area contributed by atoms with Gasteiger partial charge in [0.15, 0.2) is 0 Å². The Bertz CT molecular complexity index is 3440. The Morgan fingerprint density at radius 3 is 1.54 bits per heavy atom. The summed E-state index contributed by atoms with van der Waals surface area (Å²) >= 11 is 0. The van der Waals surface area contributed by atoms with Crippen molar-refractivity contribution in [1.82, 2.24) is 4.98 Å². The zero-order valence-corrected chi connectivity index (χ0v) is 29.0. The molecule has 12 aromatic rings. The monoisotopic (exact) mass is 687 g/mol. The first-order valence-electron chi connectivity index (χ1n) is 18.4. The molecular weight excluding hydrogens is 659 g/mol. The molecule has 0 bridgehead atoms. The van der Waals surface area contributed by atoms with Crippen molar-refractivity contribution < 1.29 is 8.83 Å². The lowest BCUT2D eigenvalue weighted by atomic mass is 9.85. The maximum Gasteiger partial charge on any atom is 0.144 e. The molecule has 3 aromatic heterocycles. The van der Waals surface area contributed by atoms with E-state index in [2.05, 4.69) is 164 Å². The number of hydrogen-bond acceptors (Lipinski definition) is 3. The molecule has 0 unspecified atom stereocenters. The lowest BCUT2D eigenvalue weighted by molar-refractivity contribution is 0.670. The van der Waals surface area contributed by atoms with Crippen LogP contribution in [0.15, 0.2) is 185 Å². The molecule has 0 saturated heterocycles. The minimum atomic E-state index is 0.888. The average molecular weight is 688 g/mol. The molecule has 9 aromatic carbocycles. The van der Waals surface area contributed by atoms with Gasteiger partial charge in [-0.15, -0.1) is 0 Å². The Morgan fingerprint density at radius 1 is 0.333 bits per heavy atom. The van der Waals surface area contributed by atoms with Crippen LogP contribution in [-0.2, 0) is 0 Å². The van der Waals surface area contributed by atoms with Gasteiger partial charge in [0.1, 0.15) is 22.3 Å². The summed E-state index contributed by atoms with van der Waals surface area (Å²) in [4.78, 5) is 5.45. The molecule has 54 heavy (non-hydrogen) atoms. The molecule has 0 fully saturated rings. The van der Waals surface area contributed by atoms with E-state index in [0.29, 0.717) is 0 Å². The van der Waals surface area contributed by atoms with E-state index < -0.39 is 0 Å². The molecule has 0 aliphatic carbocycles. The van der Waals surface area contributed by atoms with Crippen molar-refractivity contribution in [2.75, 3.05) is 0 Å². The van der Waals surface area contributed by atoms with Crippen LogP contribution in [0.25, 0.3) is 121 Å². The zero-order chi connectivity index (χ0) is 35.3. The van der Waals surface area contributed by atoms with Crippen LogP contribution < -0.4 is 0 Å². The highest BCUT2D eigenvalue weighted by molar-refractivity contribution is 6.27. The van der Waals surface area contributed by atoms with Crippen molar-refractivity contribution >= 4 is 87.1 Å². The summed E-state index contributed by atoms with van der Waals surface area (Å²) in [5.41, 5.74) is 11.1. The summed E-state index contributed by atoms with van der Waals surface area (Å²) in [6.45, 7) is 0. The van der Waals surface area contributed by atoms with E-state index in [9.17, 15) is 0 Å². The molecule has 0 aliphatic rings. The van der Waals surface area contributed by atoms with E-state index in [4.69, 9.17) is 13.8 Å². The third kappa shape index (κ3) is 4.09. The maximum absolute atomic E-state index is 6.66. The molecule has 3 nitrogen and oxygen atoms in total. The quantitative estimate of drug-likeness (QED) is 0.137. The highest BCUT2D eigenvalue weighted by atomic mass is 16.3. The Morgan fingerprint density at radius 2 is 0.852 bits per heavy atom. The minimum Gasteiger partial charge on any atom is -0.455 e. The molecule has 0 N–H and O–H groups in total. The van der Waals surface area contributed by atoms with E-state index in [0.717, 1.165) is 87.9 Å². The van der Waals surface area contributed by atoms with Crippen molar-refractivity contribution in [3.8, 4) is 33.5 Å². The molecule has 250 valence electrons. The lowest BCUT2D eigenvalue weighted by Gasteiger charge is -2.18. The summed E-state index contributed by atoms with van der Waals surface area (Å²) in [5, 5.41) is 12.4. The van der Waals surface area contributed by atoms with E-state index >= 15 is 0 Å². The largest absolute Gasteiger partial charge is 0.455 e. The first-order valence-corrected chi connectivity index (χ1v) is 18.4. The molecule has 0 atom stereocenters. The van der Waals surface area contributed by atoms with Crippen molar-refractivity contribution in [3.63, 3.8) is 0 Å². The van der Waals surface area contributed by atoms with Gasteiger partial charge in [0, 0.05) is 54.4 Å². The van der Waals surface area contributed by atoms with Gasteiger partial charge in [-0.1, -0.05) is 152 Å². The SMILES string of the molecule is c1ccc(-c2nc3cc(-c4c5ccccc5c(-c5cccc6c5oc5ccccc56)c5ccccc45)ccc3c3c2ccc2c4ccccc4oc23)cc1. The van der Waals surface area contributed by atoms with Crippen molar-refractivity contribution in [3.05, 3.63) is 176 Å². The Labute approximate surface area is 309 Å². The van der Waals surface area contributed by atoms with Gasteiger partial charge in [-0.2, -0.15) is 0 Å². The highest BCUT2D eigenvalue weighted by Gasteiger charge is 2.22. The smallest absolute Gasteiger partial charge is 0.144 e. The van der Waals surface area contributed by atoms with Crippen LogP contribution in [0.5, 0.6) is 0 Å². The number of fused-ring (bicyclic) bond motifs is 12. The number of pyridine rings is 1. The van der Waals surface area contributed by atoms with Gasteiger partial charge in [-0.3, -0.25) is 0 Å². The molecule has 0 amide bonds. The van der Waals surface area contributed by atoms with Crippen LogP contribution in [0.3, 0.4) is 0 Å². The van der Waals surface area contributed by atoms with Crippen molar-refractivity contribution in [1.29, 1.82) is 0 Å². The summed E-state index contributed by atoms with van der Waals surface area (Å²) in [7, 11) is 0. The summed E-state index contributed by atoms with van der Waals surface area (Å²) in [6.07, 6.45) is 0. The number of furan rings is 2. The summed E-state index contributed by atoms with van der Waals surface area (Å²) in [6, 6.07) is 62.4. The van der Waals surface area contributed by atoms with Gasteiger partial charge >= 0.3 is 0 Å². The molecule has 3 heterocycles. The van der Waals surface area contributed by atoms with Crippen molar-refractivity contribution in [2.45, 2.75) is 0 Å². The third-order valence-electron chi connectivity index (χ3n) is 11.2. The second-order valence-electron chi connectivity index (χ2n) is 14.1. The number of rotatable bonds is 3. The highest BCUT2D eigenvalue weighted by Crippen LogP contribution is 2.48. The van der Waals surface area contributed by atoms with Gasteiger partial charge < -0.3 is 8.83 Å². The fraction of sp³-hybridized carbons (Fsp3) is 0. The van der Waals surface area contributed by atoms with Crippen LogP contribution in [0.4, 0.5) is 0 Å². The molecule has 0 aliphatic heterocycles. The number of hydrogen-bond donors (Lipinski definition) is 0. The summed E-state index contributed by atoms with van der Waals surface area (Å²) in [5.74, 6) is 0. The number of benzene rings is 9. The molecule has 0 spiro atoms. The maximum atomic E-state index is 6.66. The fourth-order valence-corrected chi connectivity index (χ4v) is 8.92. The zero-order valence-electron chi connectivity index (χ0n) is 29.0. The number of aromatic nitrogens is 1. The summed E-state index contributed by atoms with van der Waals surface area (Å²) < 4.78 is 13.3. The van der Waals surface area contributed by atoms with Crippen LogP contribution in [0.1, 0.15) is 0 Å². The van der Waals surface area contributed by atoms with Gasteiger partial charge in [-0.05, 0) is 56.9 Å². The van der Waals surface area contributed by atoms with E-state index in [1.807, 2.05) is 12.1 Å². The molecule has 0 saturated carbocycles. The fourth-order valence-electron chi connectivity index (χ4n) is 8.92. The van der Waals surface area contributed by atoms with Crippen LogP contribution in [0.2, 0.25) is 0 Å². The first kappa shape index (κ1) is 29.4. The van der Waals surface area contributed by atoms with Crippen molar-refractivity contribution in [2.24, 2.45) is 0 Å². The second-order valence-corrected chi connectivity index (χ2v) is 14.1. The van der Waals surface area contributed by atoms with Crippen LogP contribution in [-0.4, -0.2) is 4.98 Å². The van der Waals surface area contributed by atoms with E-state index in [1.54, 1.807) is 0 Å². The first-order chi connectivity index (χ1) is 26.8. The van der Waals surface area contributed by atoms with E-state index in [-0.39, 0.29) is 0 Å². The van der Waals surface area contributed by atoms with Gasteiger partial charge in [0.2, 0.25) is 0 Å². The molecular formula is C51H29NO2. The van der Waals surface area contributed by atoms with E-state index in [1.165, 1.54) is 32.7 Å². The lowest BCUT2D eigenvalue weighted by Crippen LogP contribution is -1.93. The Kier molecular flexibility index (Phi) is 6.05. The number of nitrogens with zero attached hydrogens (tertiary/aromatic N) is 1. The Hall–Kier alpha value is -7.23. The van der Waals surface area contributed by atoms with Crippen LogP contribution in [0, 0.1) is 0 Å². The predicted molar refractivity (Wildman–Crippen MR) is 225 cm³/mol. The minimum absolute atomic E-state index is 0.888. The topological polar surface area (TPSA) is 39.2 Å². The predicted octanol–water partition coefficient (Wildman–Crippen LogP) is 14.5. The standard InChI is InChI=1S/C51H29NO2/c1-2-13-30(14-3-1)49-41-28-27-39-33-16-9-11-24-45(33)54-51(39)48(41)40-26-25-31(29-43(40)52-49)46-34-17-4-6-19-36(34)47(37-20-7-5-18-35(37)46)42-22-12-21-38-32-15-8-10-23-44(32)53-50(38)42/h1-29H. The van der Waals surface area contributed by atoms with Crippen LogP contribution >= 0.6 is 0 Å². The third-order valence-corrected chi connectivity index (χ3v) is 11.2. The Balaban J connectivity index is 1.18. The van der Waals surface area contributed by atoms with Gasteiger partial charge in [-0.25, -0.2) is 4.98 Å². The second kappa shape index (κ2) is 11.1. The van der Waals surface area contributed by atoms with Gasteiger partial charge in [0.25, 0.3) is 0 Å². The molecule has 0 radical (unpaired) electrons. The normalized spacial score (nSPS) is 12.1. The molecule has 12 rings (SSSR count). The molecule has 3 heteroatoms. The van der Waals surface area contributed by atoms with Gasteiger partial charge in [0.05, 0.1) is 11.2 Å². The number of para-hydroxylation sites is 3. The average Bonchev–Trinajstić information content (AvgIpc) is 3.81.